The standard InChI is InChI=1S/C9H13ClO/c10-7-1-2-8-3-5-9(11)6-4-8/h3,5,8H,1-2,4,6-7H2. The third-order valence-electron chi connectivity index (χ3n) is 2.02. The van der Waals surface area contributed by atoms with E-state index in [0.29, 0.717) is 5.92 Å². The second kappa shape index (κ2) is 4.55. The molecule has 1 nitrogen and oxygen atoms in total. The summed E-state index contributed by atoms with van der Waals surface area (Å²) in [5.41, 5.74) is 0. The smallest absolute Gasteiger partial charge is 0.155 e. The van der Waals surface area contributed by atoms with E-state index in [4.69, 9.17) is 11.6 Å². The van der Waals surface area contributed by atoms with Crippen LogP contribution in [0.3, 0.4) is 0 Å². The van der Waals surface area contributed by atoms with Gasteiger partial charge in [0.15, 0.2) is 5.78 Å². The van der Waals surface area contributed by atoms with Crippen molar-refractivity contribution in [3.8, 4) is 0 Å². The highest BCUT2D eigenvalue weighted by Gasteiger charge is 2.11. The molecule has 1 unspecified atom stereocenters. The van der Waals surface area contributed by atoms with Crippen LogP contribution in [-0.4, -0.2) is 11.7 Å². The number of halogens is 1. The molecule has 0 bridgehead atoms. The van der Waals surface area contributed by atoms with Crippen molar-refractivity contribution >= 4 is 17.4 Å². The van der Waals surface area contributed by atoms with Gasteiger partial charge in [-0.1, -0.05) is 6.08 Å². The molecule has 11 heavy (non-hydrogen) atoms. The zero-order valence-electron chi connectivity index (χ0n) is 6.55. The number of carbonyl (C=O) groups excluding carboxylic acids is 1. The number of carbonyl (C=O) groups is 1. The SMILES string of the molecule is O=C1C=CC(CCCCl)CC1. The lowest BCUT2D eigenvalue weighted by Crippen LogP contribution is -2.07. The topological polar surface area (TPSA) is 17.1 Å². The molecule has 0 saturated heterocycles. The molecule has 1 aliphatic carbocycles. The molecule has 0 saturated carbocycles. The molecule has 0 aromatic rings. The molecular formula is C9H13ClO. The molecule has 0 N–H and O–H groups in total. The van der Waals surface area contributed by atoms with Gasteiger partial charge in [0.25, 0.3) is 0 Å². The first-order chi connectivity index (χ1) is 5.33. The minimum Gasteiger partial charge on any atom is -0.295 e. The van der Waals surface area contributed by atoms with Crippen LogP contribution in [0.2, 0.25) is 0 Å². The Balaban J connectivity index is 2.26. The van der Waals surface area contributed by atoms with Crippen LogP contribution in [0, 0.1) is 5.92 Å². The molecule has 62 valence electrons. The Morgan fingerprint density at radius 2 is 2.45 bits per heavy atom. The summed E-state index contributed by atoms with van der Waals surface area (Å²) in [4.78, 5) is 10.8. The van der Waals surface area contributed by atoms with Crippen LogP contribution in [0.4, 0.5) is 0 Å². The van der Waals surface area contributed by atoms with Crippen LogP contribution in [0.1, 0.15) is 25.7 Å². The van der Waals surface area contributed by atoms with E-state index in [1.165, 1.54) is 0 Å². The quantitative estimate of drug-likeness (QED) is 0.598. The first kappa shape index (κ1) is 8.79. The zero-order chi connectivity index (χ0) is 8.10. The molecule has 0 heterocycles. The molecule has 0 aromatic carbocycles. The molecule has 0 aromatic heterocycles. The van der Waals surface area contributed by atoms with Gasteiger partial charge in [-0.3, -0.25) is 4.79 Å². The zero-order valence-corrected chi connectivity index (χ0v) is 7.31. The maximum atomic E-state index is 10.8. The van der Waals surface area contributed by atoms with Crippen molar-refractivity contribution in [2.75, 3.05) is 5.88 Å². The number of allylic oxidation sites excluding steroid dienone is 2. The van der Waals surface area contributed by atoms with Gasteiger partial charge in [-0.05, 0) is 31.3 Å². The number of ketones is 1. The van der Waals surface area contributed by atoms with E-state index >= 15 is 0 Å². The molecule has 0 fully saturated rings. The Morgan fingerprint density at radius 3 is 3.00 bits per heavy atom. The summed E-state index contributed by atoms with van der Waals surface area (Å²) >= 11 is 5.56. The molecule has 1 atom stereocenters. The average molecular weight is 173 g/mol. The van der Waals surface area contributed by atoms with Crippen molar-refractivity contribution in [1.82, 2.24) is 0 Å². The molecule has 0 aliphatic heterocycles. The van der Waals surface area contributed by atoms with Gasteiger partial charge < -0.3 is 0 Å². The van der Waals surface area contributed by atoms with Crippen molar-refractivity contribution in [3.05, 3.63) is 12.2 Å². The van der Waals surface area contributed by atoms with Gasteiger partial charge in [0.2, 0.25) is 0 Å². The summed E-state index contributed by atoms with van der Waals surface area (Å²) in [5.74, 6) is 1.61. The van der Waals surface area contributed by atoms with Crippen molar-refractivity contribution in [3.63, 3.8) is 0 Å². The highest BCUT2D eigenvalue weighted by atomic mass is 35.5. The van der Waals surface area contributed by atoms with E-state index in [0.717, 1.165) is 31.6 Å². The van der Waals surface area contributed by atoms with E-state index in [1.807, 2.05) is 6.08 Å². The maximum absolute atomic E-state index is 10.8. The summed E-state index contributed by atoms with van der Waals surface area (Å²) in [6.07, 6.45) is 7.68. The second-order valence-corrected chi connectivity index (χ2v) is 3.33. The largest absolute Gasteiger partial charge is 0.295 e. The van der Waals surface area contributed by atoms with Gasteiger partial charge in [0.05, 0.1) is 0 Å². The van der Waals surface area contributed by atoms with Gasteiger partial charge in [-0.2, -0.15) is 0 Å². The Hall–Kier alpha value is -0.300. The monoisotopic (exact) mass is 172 g/mol. The first-order valence-electron chi connectivity index (χ1n) is 4.10. The summed E-state index contributed by atoms with van der Waals surface area (Å²) in [7, 11) is 0. The number of rotatable bonds is 3. The predicted molar refractivity (Wildman–Crippen MR) is 46.8 cm³/mol. The maximum Gasteiger partial charge on any atom is 0.155 e. The van der Waals surface area contributed by atoms with Crippen LogP contribution in [0.5, 0.6) is 0 Å². The molecule has 1 rings (SSSR count). The fourth-order valence-corrected chi connectivity index (χ4v) is 1.48. The van der Waals surface area contributed by atoms with Gasteiger partial charge in [-0.15, -0.1) is 11.6 Å². The Bertz CT molecular complexity index is 163. The average Bonchev–Trinajstić information content (AvgIpc) is 2.04. The van der Waals surface area contributed by atoms with Gasteiger partial charge in [-0.25, -0.2) is 0 Å². The summed E-state index contributed by atoms with van der Waals surface area (Å²) in [6.45, 7) is 0. The lowest BCUT2D eigenvalue weighted by atomic mass is 9.92. The lowest BCUT2D eigenvalue weighted by Gasteiger charge is -2.14. The van der Waals surface area contributed by atoms with Crippen molar-refractivity contribution < 1.29 is 4.79 Å². The summed E-state index contributed by atoms with van der Waals surface area (Å²) in [5, 5.41) is 0. The summed E-state index contributed by atoms with van der Waals surface area (Å²) in [6, 6.07) is 0. The van der Waals surface area contributed by atoms with E-state index in [2.05, 4.69) is 0 Å². The van der Waals surface area contributed by atoms with Gasteiger partial charge in [0, 0.05) is 12.3 Å². The Kier molecular flexibility index (Phi) is 3.64. The lowest BCUT2D eigenvalue weighted by molar-refractivity contribution is -0.115. The molecule has 0 spiro atoms. The van der Waals surface area contributed by atoms with Crippen LogP contribution in [0.25, 0.3) is 0 Å². The second-order valence-electron chi connectivity index (χ2n) is 2.96. The van der Waals surface area contributed by atoms with Crippen molar-refractivity contribution in [2.45, 2.75) is 25.7 Å². The van der Waals surface area contributed by atoms with E-state index in [9.17, 15) is 4.79 Å². The van der Waals surface area contributed by atoms with Crippen LogP contribution < -0.4 is 0 Å². The van der Waals surface area contributed by atoms with Crippen LogP contribution in [0.15, 0.2) is 12.2 Å². The highest BCUT2D eigenvalue weighted by molar-refractivity contribution is 6.17. The fraction of sp³-hybridized carbons (Fsp3) is 0.667. The Morgan fingerprint density at radius 1 is 1.64 bits per heavy atom. The number of hydrogen-bond donors (Lipinski definition) is 0. The highest BCUT2D eigenvalue weighted by Crippen LogP contribution is 2.19. The fourth-order valence-electron chi connectivity index (χ4n) is 1.33. The van der Waals surface area contributed by atoms with Crippen LogP contribution >= 0.6 is 11.6 Å². The number of alkyl halides is 1. The Labute approximate surface area is 72.4 Å². The third kappa shape index (κ3) is 3.06. The minimum atomic E-state index is 0.270. The minimum absolute atomic E-state index is 0.270. The third-order valence-corrected chi connectivity index (χ3v) is 2.29. The molecular weight excluding hydrogens is 160 g/mol. The van der Waals surface area contributed by atoms with Crippen LogP contribution in [-0.2, 0) is 4.79 Å². The molecule has 0 radical (unpaired) electrons. The molecule has 2 heteroatoms. The van der Waals surface area contributed by atoms with E-state index < -0.39 is 0 Å². The van der Waals surface area contributed by atoms with Gasteiger partial charge >= 0.3 is 0 Å². The number of hydrogen-bond acceptors (Lipinski definition) is 1. The molecule has 0 amide bonds. The van der Waals surface area contributed by atoms with Crippen molar-refractivity contribution in [2.24, 2.45) is 5.92 Å². The van der Waals surface area contributed by atoms with Crippen molar-refractivity contribution in [1.29, 1.82) is 0 Å². The van der Waals surface area contributed by atoms with E-state index in [1.54, 1.807) is 6.08 Å². The molecule has 1 aliphatic rings. The first-order valence-corrected chi connectivity index (χ1v) is 4.63. The summed E-state index contributed by atoms with van der Waals surface area (Å²) < 4.78 is 0. The van der Waals surface area contributed by atoms with Gasteiger partial charge in [0.1, 0.15) is 0 Å². The van der Waals surface area contributed by atoms with E-state index in [-0.39, 0.29) is 5.78 Å². The normalized spacial score (nSPS) is 24.1. The predicted octanol–water partition coefficient (Wildman–Crippen LogP) is 2.54.